The fraction of sp³-hybridized carbons (Fsp3) is 1.00. The van der Waals surface area contributed by atoms with Crippen molar-refractivity contribution in [1.29, 1.82) is 0 Å². The van der Waals surface area contributed by atoms with Crippen molar-refractivity contribution in [2.75, 3.05) is 13.1 Å². The van der Waals surface area contributed by atoms with Crippen LogP contribution in [0.5, 0.6) is 0 Å². The summed E-state index contributed by atoms with van der Waals surface area (Å²) in [6.07, 6.45) is 5.52. The van der Waals surface area contributed by atoms with E-state index in [4.69, 9.17) is 4.74 Å². The zero-order chi connectivity index (χ0) is 9.73. The summed E-state index contributed by atoms with van der Waals surface area (Å²) in [7, 11) is 0. The van der Waals surface area contributed by atoms with Crippen molar-refractivity contribution >= 4 is 0 Å². The van der Waals surface area contributed by atoms with E-state index in [0.717, 1.165) is 19.5 Å². The highest BCUT2D eigenvalue weighted by atomic mass is 16.5. The Bertz CT molecular complexity index is 145. The Balaban J connectivity index is 2.28. The van der Waals surface area contributed by atoms with Crippen LogP contribution in [0.25, 0.3) is 0 Å². The van der Waals surface area contributed by atoms with E-state index < -0.39 is 0 Å². The van der Waals surface area contributed by atoms with Crippen LogP contribution in [0.3, 0.4) is 0 Å². The average Bonchev–Trinajstić information content (AvgIpc) is 2.08. The van der Waals surface area contributed by atoms with Gasteiger partial charge >= 0.3 is 0 Å². The van der Waals surface area contributed by atoms with Crippen LogP contribution in [-0.2, 0) is 4.74 Å². The molecule has 0 spiro atoms. The van der Waals surface area contributed by atoms with Crippen molar-refractivity contribution in [3.63, 3.8) is 0 Å². The van der Waals surface area contributed by atoms with Crippen molar-refractivity contribution in [1.82, 2.24) is 5.32 Å². The Hall–Kier alpha value is -0.0800. The van der Waals surface area contributed by atoms with Gasteiger partial charge in [0.05, 0.1) is 11.7 Å². The minimum Gasteiger partial charge on any atom is -0.371 e. The van der Waals surface area contributed by atoms with E-state index >= 15 is 0 Å². The fourth-order valence-corrected chi connectivity index (χ4v) is 1.53. The first-order valence-electron chi connectivity index (χ1n) is 5.58. The van der Waals surface area contributed by atoms with Gasteiger partial charge in [-0.2, -0.15) is 0 Å². The molecular formula is C11H23NO. The summed E-state index contributed by atoms with van der Waals surface area (Å²) in [5.41, 5.74) is 0.0566. The van der Waals surface area contributed by atoms with Crippen molar-refractivity contribution in [2.45, 2.75) is 58.2 Å². The molecule has 0 aromatic heterocycles. The lowest BCUT2D eigenvalue weighted by molar-refractivity contribution is -0.111. The summed E-state index contributed by atoms with van der Waals surface area (Å²) in [5.74, 6) is 0. The summed E-state index contributed by atoms with van der Waals surface area (Å²) < 4.78 is 6.06. The van der Waals surface area contributed by atoms with Gasteiger partial charge in [0.15, 0.2) is 0 Å². The standard InChI is InChI=1S/C11H23NO/c1-4-11(3,9-12-5-2)13-10-7-6-8-10/h10,12H,4-9H2,1-3H3. The van der Waals surface area contributed by atoms with Crippen LogP contribution in [0.15, 0.2) is 0 Å². The first-order valence-corrected chi connectivity index (χ1v) is 5.58. The van der Waals surface area contributed by atoms with Crippen LogP contribution in [0.4, 0.5) is 0 Å². The molecule has 13 heavy (non-hydrogen) atoms. The third-order valence-electron chi connectivity index (χ3n) is 3.00. The zero-order valence-corrected chi connectivity index (χ0v) is 9.23. The van der Waals surface area contributed by atoms with Gasteiger partial charge in [-0.1, -0.05) is 13.8 Å². The molecular weight excluding hydrogens is 162 g/mol. The van der Waals surface area contributed by atoms with Gasteiger partial charge in [0.1, 0.15) is 0 Å². The predicted octanol–water partition coefficient (Wildman–Crippen LogP) is 2.33. The van der Waals surface area contributed by atoms with Gasteiger partial charge in [-0.3, -0.25) is 0 Å². The number of hydrogen-bond donors (Lipinski definition) is 1. The third-order valence-corrected chi connectivity index (χ3v) is 3.00. The summed E-state index contributed by atoms with van der Waals surface area (Å²) in [6.45, 7) is 8.57. The largest absolute Gasteiger partial charge is 0.371 e. The van der Waals surface area contributed by atoms with Crippen LogP contribution < -0.4 is 5.32 Å². The molecule has 0 aromatic carbocycles. The van der Waals surface area contributed by atoms with Gasteiger partial charge in [-0.15, -0.1) is 0 Å². The lowest BCUT2D eigenvalue weighted by atomic mass is 9.94. The zero-order valence-electron chi connectivity index (χ0n) is 9.23. The highest BCUT2D eigenvalue weighted by Gasteiger charge is 2.29. The Labute approximate surface area is 82.0 Å². The Morgan fingerprint density at radius 3 is 2.46 bits per heavy atom. The first-order chi connectivity index (χ1) is 6.20. The molecule has 1 aliphatic rings. The van der Waals surface area contributed by atoms with Gasteiger partial charge in [-0.05, 0) is 39.2 Å². The van der Waals surface area contributed by atoms with E-state index in [-0.39, 0.29) is 5.60 Å². The predicted molar refractivity (Wildman–Crippen MR) is 56.0 cm³/mol. The highest BCUT2D eigenvalue weighted by molar-refractivity contribution is 4.81. The van der Waals surface area contributed by atoms with E-state index in [1.807, 2.05) is 0 Å². The van der Waals surface area contributed by atoms with Gasteiger partial charge in [0, 0.05) is 6.54 Å². The molecule has 1 aliphatic carbocycles. The molecule has 1 atom stereocenters. The molecule has 0 aliphatic heterocycles. The number of ether oxygens (including phenoxy) is 1. The van der Waals surface area contributed by atoms with Crippen LogP contribution in [-0.4, -0.2) is 24.8 Å². The maximum absolute atomic E-state index is 6.06. The molecule has 2 nitrogen and oxygen atoms in total. The topological polar surface area (TPSA) is 21.3 Å². The lowest BCUT2D eigenvalue weighted by Gasteiger charge is -2.37. The maximum Gasteiger partial charge on any atom is 0.0779 e. The van der Waals surface area contributed by atoms with Gasteiger partial charge in [0.25, 0.3) is 0 Å². The number of nitrogens with one attached hydrogen (secondary N) is 1. The molecule has 0 radical (unpaired) electrons. The van der Waals surface area contributed by atoms with Crippen molar-refractivity contribution in [3.8, 4) is 0 Å². The van der Waals surface area contributed by atoms with E-state index in [1.165, 1.54) is 19.3 Å². The molecule has 0 amide bonds. The van der Waals surface area contributed by atoms with E-state index in [1.54, 1.807) is 0 Å². The molecule has 1 fully saturated rings. The Kier molecular flexibility index (Phi) is 4.20. The summed E-state index contributed by atoms with van der Waals surface area (Å²) in [4.78, 5) is 0. The summed E-state index contributed by atoms with van der Waals surface area (Å²) >= 11 is 0. The molecule has 78 valence electrons. The quantitative estimate of drug-likeness (QED) is 0.686. The lowest BCUT2D eigenvalue weighted by Crippen LogP contribution is -2.44. The molecule has 1 rings (SSSR count). The SMILES string of the molecule is CCNCC(C)(CC)OC1CCC1. The first kappa shape index (κ1) is 11.0. The molecule has 2 heteroatoms. The third kappa shape index (κ3) is 3.28. The molecule has 0 aromatic rings. The van der Waals surface area contributed by atoms with E-state index in [2.05, 4.69) is 26.1 Å². The Morgan fingerprint density at radius 2 is 2.08 bits per heavy atom. The fourth-order valence-electron chi connectivity index (χ4n) is 1.53. The van der Waals surface area contributed by atoms with Crippen molar-refractivity contribution in [2.24, 2.45) is 0 Å². The van der Waals surface area contributed by atoms with E-state index in [0.29, 0.717) is 6.10 Å². The van der Waals surface area contributed by atoms with Crippen LogP contribution in [0.2, 0.25) is 0 Å². The molecule has 1 unspecified atom stereocenters. The molecule has 0 heterocycles. The van der Waals surface area contributed by atoms with Crippen molar-refractivity contribution in [3.05, 3.63) is 0 Å². The molecule has 1 saturated carbocycles. The molecule has 0 saturated heterocycles. The minimum absolute atomic E-state index is 0.0566. The average molecular weight is 185 g/mol. The minimum atomic E-state index is 0.0566. The summed E-state index contributed by atoms with van der Waals surface area (Å²) in [6, 6.07) is 0. The molecule has 1 N–H and O–H groups in total. The normalized spacial score (nSPS) is 22.4. The number of hydrogen-bond acceptors (Lipinski definition) is 2. The number of likely N-dealkylation sites (N-methyl/N-ethyl adjacent to an activating group) is 1. The smallest absolute Gasteiger partial charge is 0.0779 e. The van der Waals surface area contributed by atoms with Gasteiger partial charge in [0.2, 0.25) is 0 Å². The second-order valence-corrected chi connectivity index (χ2v) is 4.25. The highest BCUT2D eigenvalue weighted by Crippen LogP contribution is 2.28. The maximum atomic E-state index is 6.06. The summed E-state index contributed by atoms with van der Waals surface area (Å²) in [5, 5.41) is 3.37. The van der Waals surface area contributed by atoms with Gasteiger partial charge < -0.3 is 10.1 Å². The molecule has 0 bridgehead atoms. The van der Waals surface area contributed by atoms with Crippen molar-refractivity contribution < 1.29 is 4.74 Å². The van der Waals surface area contributed by atoms with Crippen LogP contribution in [0, 0.1) is 0 Å². The second-order valence-electron chi connectivity index (χ2n) is 4.25. The second kappa shape index (κ2) is 4.97. The van der Waals surface area contributed by atoms with Crippen LogP contribution in [0.1, 0.15) is 46.5 Å². The van der Waals surface area contributed by atoms with Crippen LogP contribution >= 0.6 is 0 Å². The monoisotopic (exact) mass is 185 g/mol. The van der Waals surface area contributed by atoms with E-state index in [9.17, 15) is 0 Å². The Morgan fingerprint density at radius 1 is 1.38 bits per heavy atom. The van der Waals surface area contributed by atoms with Gasteiger partial charge in [-0.25, -0.2) is 0 Å². The number of rotatable bonds is 6.